The third-order valence-corrected chi connectivity index (χ3v) is 2.19. The van der Waals surface area contributed by atoms with Gasteiger partial charge in [0.15, 0.2) is 5.78 Å². The zero-order valence-electron chi connectivity index (χ0n) is 7.93. The molecule has 0 fully saturated rings. The number of carbonyl (C=O) groups excluding carboxylic acids is 1. The molecule has 1 aromatic carbocycles. The molecule has 0 aliphatic rings. The predicted molar refractivity (Wildman–Crippen MR) is 55.6 cm³/mol. The molecule has 0 N–H and O–H groups in total. The molecule has 0 aromatic heterocycles. The fourth-order valence-corrected chi connectivity index (χ4v) is 1.52. The Hall–Kier alpha value is -0.820. The van der Waals surface area contributed by atoms with Crippen molar-refractivity contribution in [2.45, 2.75) is 20.3 Å². The second-order valence-corrected chi connectivity index (χ2v) is 3.56. The van der Waals surface area contributed by atoms with E-state index < -0.39 is 0 Å². The second kappa shape index (κ2) is 4.43. The molecule has 0 saturated carbocycles. The van der Waals surface area contributed by atoms with Gasteiger partial charge >= 0.3 is 0 Å². The van der Waals surface area contributed by atoms with Crippen LogP contribution in [0.4, 0.5) is 0 Å². The molecule has 0 radical (unpaired) electrons. The van der Waals surface area contributed by atoms with E-state index in [9.17, 15) is 4.79 Å². The molecule has 1 aromatic rings. The zero-order chi connectivity index (χ0) is 9.84. The lowest BCUT2D eigenvalue weighted by Crippen LogP contribution is -2.02. The molecule has 0 amide bonds. The van der Waals surface area contributed by atoms with Gasteiger partial charge in [0.25, 0.3) is 0 Å². The molecule has 13 heavy (non-hydrogen) atoms. The summed E-state index contributed by atoms with van der Waals surface area (Å²) >= 11 is 5.51. The topological polar surface area (TPSA) is 17.1 Å². The Morgan fingerprint density at radius 3 is 2.62 bits per heavy atom. The van der Waals surface area contributed by atoms with Crippen LogP contribution in [-0.2, 0) is 0 Å². The molecule has 0 atom stereocenters. The van der Waals surface area contributed by atoms with Gasteiger partial charge in [-0.3, -0.25) is 4.79 Å². The second-order valence-electron chi connectivity index (χ2n) is 3.18. The Balaban J connectivity index is 2.95. The average molecular weight is 197 g/mol. The number of ketones is 1. The Morgan fingerprint density at radius 1 is 1.38 bits per heavy atom. The Kier molecular flexibility index (Phi) is 3.49. The monoisotopic (exact) mass is 196 g/mol. The maximum absolute atomic E-state index is 11.5. The molecule has 0 aliphatic carbocycles. The number of rotatable bonds is 3. The third-order valence-electron chi connectivity index (χ3n) is 2.00. The molecular weight excluding hydrogens is 184 g/mol. The van der Waals surface area contributed by atoms with Crippen LogP contribution in [-0.4, -0.2) is 11.7 Å². The maximum atomic E-state index is 11.5. The van der Waals surface area contributed by atoms with Crippen molar-refractivity contribution in [2.24, 2.45) is 0 Å². The van der Waals surface area contributed by atoms with Crippen molar-refractivity contribution < 1.29 is 4.79 Å². The zero-order valence-corrected chi connectivity index (χ0v) is 8.69. The van der Waals surface area contributed by atoms with Crippen molar-refractivity contribution in [2.75, 3.05) is 5.88 Å². The van der Waals surface area contributed by atoms with Crippen LogP contribution in [0.15, 0.2) is 18.2 Å². The standard InChI is InChI=1S/C11H13ClO/c1-8-3-4-10(9(2)7-8)11(13)5-6-12/h3-4,7H,5-6H2,1-2H3. The summed E-state index contributed by atoms with van der Waals surface area (Å²) in [6.07, 6.45) is 0.422. The molecule has 1 nitrogen and oxygen atoms in total. The van der Waals surface area contributed by atoms with Gasteiger partial charge in [-0.15, -0.1) is 11.6 Å². The van der Waals surface area contributed by atoms with Crippen molar-refractivity contribution in [3.63, 3.8) is 0 Å². The van der Waals surface area contributed by atoms with Crippen molar-refractivity contribution in [1.82, 2.24) is 0 Å². The number of halogens is 1. The van der Waals surface area contributed by atoms with Crippen LogP contribution in [0.3, 0.4) is 0 Å². The van der Waals surface area contributed by atoms with Gasteiger partial charge in [0.05, 0.1) is 0 Å². The minimum absolute atomic E-state index is 0.132. The minimum Gasteiger partial charge on any atom is -0.294 e. The van der Waals surface area contributed by atoms with Gasteiger partial charge in [0, 0.05) is 17.9 Å². The largest absolute Gasteiger partial charge is 0.294 e. The molecule has 1 rings (SSSR count). The number of benzene rings is 1. The lowest BCUT2D eigenvalue weighted by Gasteiger charge is -2.04. The summed E-state index contributed by atoms with van der Waals surface area (Å²) in [5, 5.41) is 0. The number of alkyl halides is 1. The molecule has 2 heteroatoms. The SMILES string of the molecule is Cc1ccc(C(=O)CCCl)c(C)c1. The van der Waals surface area contributed by atoms with E-state index in [4.69, 9.17) is 11.6 Å². The van der Waals surface area contributed by atoms with E-state index in [1.165, 1.54) is 5.56 Å². The first-order chi connectivity index (χ1) is 6.15. The van der Waals surface area contributed by atoms with Crippen LogP contribution in [0, 0.1) is 13.8 Å². The first-order valence-electron chi connectivity index (χ1n) is 4.31. The quantitative estimate of drug-likeness (QED) is 0.536. The first kappa shape index (κ1) is 10.3. The highest BCUT2D eigenvalue weighted by atomic mass is 35.5. The molecule has 0 unspecified atom stereocenters. The smallest absolute Gasteiger partial charge is 0.164 e. The summed E-state index contributed by atoms with van der Waals surface area (Å²) in [6.45, 7) is 3.97. The highest BCUT2D eigenvalue weighted by Crippen LogP contribution is 2.12. The maximum Gasteiger partial charge on any atom is 0.164 e. The van der Waals surface area contributed by atoms with Gasteiger partial charge in [-0.2, -0.15) is 0 Å². The molecule has 0 spiro atoms. The summed E-state index contributed by atoms with van der Waals surface area (Å²) in [5.41, 5.74) is 3.02. The van der Waals surface area contributed by atoms with Crippen molar-refractivity contribution in [3.05, 3.63) is 34.9 Å². The van der Waals surface area contributed by atoms with E-state index in [1.807, 2.05) is 32.0 Å². The van der Waals surface area contributed by atoms with E-state index >= 15 is 0 Å². The summed E-state index contributed by atoms with van der Waals surface area (Å²) in [5.74, 6) is 0.527. The van der Waals surface area contributed by atoms with Gasteiger partial charge in [-0.25, -0.2) is 0 Å². The average Bonchev–Trinajstić information content (AvgIpc) is 2.04. The van der Waals surface area contributed by atoms with Crippen LogP contribution < -0.4 is 0 Å². The van der Waals surface area contributed by atoms with Crippen LogP contribution in [0.2, 0.25) is 0 Å². The Labute approximate surface area is 83.7 Å². The minimum atomic E-state index is 0.132. The molecule has 0 aliphatic heterocycles. The predicted octanol–water partition coefficient (Wildman–Crippen LogP) is 3.12. The number of carbonyl (C=O) groups is 1. The lowest BCUT2D eigenvalue weighted by molar-refractivity contribution is 0.0988. The highest BCUT2D eigenvalue weighted by Gasteiger charge is 2.07. The number of aryl methyl sites for hydroxylation is 2. The highest BCUT2D eigenvalue weighted by molar-refractivity contribution is 6.19. The van der Waals surface area contributed by atoms with E-state index in [0.717, 1.165) is 11.1 Å². The van der Waals surface area contributed by atoms with Crippen LogP contribution in [0.25, 0.3) is 0 Å². The molecule has 70 valence electrons. The van der Waals surface area contributed by atoms with Crippen LogP contribution >= 0.6 is 11.6 Å². The van der Waals surface area contributed by atoms with Gasteiger partial charge in [-0.1, -0.05) is 23.8 Å². The fraction of sp³-hybridized carbons (Fsp3) is 0.364. The Bertz CT molecular complexity index is 318. The number of hydrogen-bond donors (Lipinski definition) is 0. The van der Waals surface area contributed by atoms with Crippen molar-refractivity contribution in [3.8, 4) is 0 Å². The molecule has 0 bridgehead atoms. The number of hydrogen-bond acceptors (Lipinski definition) is 1. The summed E-state index contributed by atoms with van der Waals surface area (Å²) in [4.78, 5) is 11.5. The van der Waals surface area contributed by atoms with E-state index in [1.54, 1.807) is 0 Å². The molecule has 0 saturated heterocycles. The van der Waals surface area contributed by atoms with Gasteiger partial charge in [-0.05, 0) is 19.4 Å². The van der Waals surface area contributed by atoms with Crippen LogP contribution in [0.1, 0.15) is 27.9 Å². The van der Waals surface area contributed by atoms with Crippen molar-refractivity contribution >= 4 is 17.4 Å². The summed E-state index contributed by atoms with van der Waals surface area (Å²) in [6, 6.07) is 5.84. The van der Waals surface area contributed by atoms with E-state index in [-0.39, 0.29) is 5.78 Å². The lowest BCUT2D eigenvalue weighted by atomic mass is 10.0. The Morgan fingerprint density at radius 2 is 2.08 bits per heavy atom. The fourth-order valence-electron chi connectivity index (χ4n) is 1.35. The summed E-state index contributed by atoms with van der Waals surface area (Å²) < 4.78 is 0. The van der Waals surface area contributed by atoms with Crippen LogP contribution in [0.5, 0.6) is 0 Å². The van der Waals surface area contributed by atoms with Gasteiger partial charge in [0.2, 0.25) is 0 Å². The third kappa shape index (κ3) is 2.56. The van der Waals surface area contributed by atoms with E-state index in [2.05, 4.69) is 0 Å². The molecular formula is C11H13ClO. The normalized spacial score (nSPS) is 10.1. The van der Waals surface area contributed by atoms with E-state index in [0.29, 0.717) is 12.3 Å². The number of Topliss-reactive ketones (excluding diaryl/α,β-unsaturated/α-hetero) is 1. The van der Waals surface area contributed by atoms with Crippen molar-refractivity contribution in [1.29, 1.82) is 0 Å². The van der Waals surface area contributed by atoms with Gasteiger partial charge in [0.1, 0.15) is 0 Å². The molecule has 0 heterocycles. The first-order valence-corrected chi connectivity index (χ1v) is 4.85. The summed E-state index contributed by atoms with van der Waals surface area (Å²) in [7, 11) is 0. The van der Waals surface area contributed by atoms with Gasteiger partial charge < -0.3 is 0 Å².